The molecule has 17 heavy (non-hydrogen) atoms. The number of aromatic nitrogens is 1. The van der Waals surface area contributed by atoms with Crippen LogP contribution in [0.2, 0.25) is 0 Å². The molecular weight excluding hydrogens is 212 g/mol. The van der Waals surface area contributed by atoms with E-state index in [1.807, 2.05) is 25.1 Å². The van der Waals surface area contributed by atoms with Gasteiger partial charge in [-0.15, -0.1) is 0 Å². The Balaban J connectivity index is 1.88. The first-order valence-electron chi connectivity index (χ1n) is 6.56. The lowest BCUT2D eigenvalue weighted by atomic mass is 9.80. The summed E-state index contributed by atoms with van der Waals surface area (Å²) in [6.07, 6.45) is 5.13. The van der Waals surface area contributed by atoms with Gasteiger partial charge in [0.05, 0.1) is 6.61 Å². The summed E-state index contributed by atoms with van der Waals surface area (Å²) in [6.45, 7) is 3.53. The Morgan fingerprint density at radius 2 is 2.06 bits per heavy atom. The smallest absolute Gasteiger partial charge is 0.213 e. The Morgan fingerprint density at radius 3 is 2.76 bits per heavy atom. The third-order valence-corrected chi connectivity index (χ3v) is 3.68. The average molecular weight is 234 g/mol. The highest BCUT2D eigenvalue weighted by Crippen LogP contribution is 2.29. The van der Waals surface area contributed by atoms with Crippen LogP contribution in [-0.4, -0.2) is 18.1 Å². The van der Waals surface area contributed by atoms with Gasteiger partial charge < -0.3 is 10.5 Å². The summed E-state index contributed by atoms with van der Waals surface area (Å²) in [5.74, 6) is 1.98. The van der Waals surface area contributed by atoms with Crippen molar-refractivity contribution < 1.29 is 4.74 Å². The maximum atomic E-state index is 5.82. The summed E-state index contributed by atoms with van der Waals surface area (Å²) >= 11 is 0. The minimum Gasteiger partial charge on any atom is -0.477 e. The lowest BCUT2D eigenvalue weighted by molar-refractivity contribution is 0.149. The highest BCUT2D eigenvalue weighted by atomic mass is 16.5. The van der Waals surface area contributed by atoms with Gasteiger partial charge in [-0.05, 0) is 44.2 Å². The van der Waals surface area contributed by atoms with Crippen molar-refractivity contribution >= 4 is 0 Å². The molecule has 0 saturated heterocycles. The molecule has 3 nitrogen and oxygen atoms in total. The molecule has 1 fully saturated rings. The Bertz CT molecular complexity index is 354. The van der Waals surface area contributed by atoms with E-state index in [-0.39, 0.29) is 0 Å². The number of ether oxygens (including phenoxy) is 1. The van der Waals surface area contributed by atoms with E-state index in [9.17, 15) is 0 Å². The van der Waals surface area contributed by atoms with Gasteiger partial charge in [-0.25, -0.2) is 4.98 Å². The first-order chi connectivity index (χ1) is 8.29. The predicted octanol–water partition coefficient (Wildman–Crippen LogP) is 2.53. The second-order valence-electron chi connectivity index (χ2n) is 4.97. The quantitative estimate of drug-likeness (QED) is 0.871. The van der Waals surface area contributed by atoms with Gasteiger partial charge in [0.15, 0.2) is 0 Å². The van der Waals surface area contributed by atoms with Crippen LogP contribution in [0.25, 0.3) is 0 Å². The Morgan fingerprint density at radius 1 is 1.29 bits per heavy atom. The molecule has 0 spiro atoms. The molecule has 1 aliphatic rings. The maximum absolute atomic E-state index is 5.82. The van der Waals surface area contributed by atoms with E-state index in [1.54, 1.807) is 0 Å². The molecule has 0 amide bonds. The molecule has 2 atom stereocenters. The van der Waals surface area contributed by atoms with Gasteiger partial charge >= 0.3 is 0 Å². The van der Waals surface area contributed by atoms with E-state index in [1.165, 1.54) is 25.7 Å². The topological polar surface area (TPSA) is 48.1 Å². The number of nitrogens with zero attached hydrogens (tertiary/aromatic N) is 1. The van der Waals surface area contributed by atoms with E-state index >= 15 is 0 Å². The summed E-state index contributed by atoms with van der Waals surface area (Å²) in [6, 6.07) is 5.89. The summed E-state index contributed by atoms with van der Waals surface area (Å²) in [7, 11) is 0. The van der Waals surface area contributed by atoms with Gasteiger partial charge in [0.25, 0.3) is 0 Å². The first-order valence-corrected chi connectivity index (χ1v) is 6.56. The van der Waals surface area contributed by atoms with E-state index in [2.05, 4.69) is 4.98 Å². The standard InChI is InChI=1S/C14H22N2O/c1-11-5-4-8-14(16-11)17-10-13-7-3-2-6-12(13)9-15/h4-5,8,12-13H,2-3,6-7,9-10,15H2,1H3. The second-order valence-corrected chi connectivity index (χ2v) is 4.97. The number of pyridine rings is 1. The Kier molecular flexibility index (Phi) is 4.37. The van der Waals surface area contributed by atoms with Crippen LogP contribution in [0.3, 0.4) is 0 Å². The van der Waals surface area contributed by atoms with Crippen molar-refractivity contribution in [3.63, 3.8) is 0 Å². The fourth-order valence-electron chi connectivity index (χ4n) is 2.61. The van der Waals surface area contributed by atoms with Crippen molar-refractivity contribution in [3.8, 4) is 5.88 Å². The largest absolute Gasteiger partial charge is 0.477 e. The van der Waals surface area contributed by atoms with Gasteiger partial charge in [-0.2, -0.15) is 0 Å². The minimum absolute atomic E-state index is 0.607. The number of nitrogens with two attached hydrogens (primary N) is 1. The third-order valence-electron chi connectivity index (χ3n) is 3.68. The number of aryl methyl sites for hydroxylation is 1. The van der Waals surface area contributed by atoms with Crippen LogP contribution in [0.1, 0.15) is 31.4 Å². The summed E-state index contributed by atoms with van der Waals surface area (Å²) in [4.78, 5) is 4.35. The minimum atomic E-state index is 0.607. The van der Waals surface area contributed by atoms with Crippen LogP contribution >= 0.6 is 0 Å². The number of rotatable bonds is 4. The van der Waals surface area contributed by atoms with Crippen LogP contribution < -0.4 is 10.5 Å². The van der Waals surface area contributed by atoms with Gasteiger partial charge in [0, 0.05) is 11.8 Å². The SMILES string of the molecule is Cc1cccc(OCC2CCCCC2CN)n1. The molecule has 1 saturated carbocycles. The van der Waals surface area contributed by atoms with Crippen molar-refractivity contribution in [2.45, 2.75) is 32.6 Å². The molecule has 3 heteroatoms. The zero-order chi connectivity index (χ0) is 12.1. The van der Waals surface area contributed by atoms with Crippen molar-refractivity contribution in [2.24, 2.45) is 17.6 Å². The number of hydrogen-bond acceptors (Lipinski definition) is 3. The molecule has 2 rings (SSSR count). The first kappa shape index (κ1) is 12.4. The Hall–Kier alpha value is -1.09. The molecule has 94 valence electrons. The lowest BCUT2D eigenvalue weighted by Crippen LogP contribution is -2.30. The molecule has 0 aromatic carbocycles. The third kappa shape index (κ3) is 3.43. The Labute approximate surface area is 103 Å². The van der Waals surface area contributed by atoms with Crippen LogP contribution in [0.4, 0.5) is 0 Å². The molecule has 1 aromatic rings. The van der Waals surface area contributed by atoms with Crippen LogP contribution in [0.15, 0.2) is 18.2 Å². The van der Waals surface area contributed by atoms with E-state index in [0.29, 0.717) is 11.8 Å². The molecule has 0 aliphatic heterocycles. The fourth-order valence-corrected chi connectivity index (χ4v) is 2.61. The highest BCUT2D eigenvalue weighted by molar-refractivity contribution is 5.14. The van der Waals surface area contributed by atoms with Crippen LogP contribution in [0.5, 0.6) is 5.88 Å². The normalized spacial score (nSPS) is 24.6. The molecule has 0 radical (unpaired) electrons. The van der Waals surface area contributed by atoms with Crippen molar-refractivity contribution in [3.05, 3.63) is 23.9 Å². The zero-order valence-electron chi connectivity index (χ0n) is 10.6. The molecule has 1 heterocycles. The van der Waals surface area contributed by atoms with Gasteiger partial charge in [-0.3, -0.25) is 0 Å². The summed E-state index contributed by atoms with van der Waals surface area (Å²) < 4.78 is 5.79. The molecule has 2 N–H and O–H groups in total. The van der Waals surface area contributed by atoms with Crippen molar-refractivity contribution in [1.29, 1.82) is 0 Å². The van der Waals surface area contributed by atoms with Crippen molar-refractivity contribution in [2.75, 3.05) is 13.2 Å². The van der Waals surface area contributed by atoms with Gasteiger partial charge in [0.1, 0.15) is 0 Å². The van der Waals surface area contributed by atoms with Gasteiger partial charge in [0.2, 0.25) is 5.88 Å². The average Bonchev–Trinajstić information content (AvgIpc) is 2.37. The highest BCUT2D eigenvalue weighted by Gasteiger charge is 2.24. The number of hydrogen-bond donors (Lipinski definition) is 1. The van der Waals surface area contributed by atoms with E-state index < -0.39 is 0 Å². The van der Waals surface area contributed by atoms with E-state index in [4.69, 9.17) is 10.5 Å². The lowest BCUT2D eigenvalue weighted by Gasteiger charge is -2.30. The molecule has 2 unspecified atom stereocenters. The second kappa shape index (κ2) is 6.01. The van der Waals surface area contributed by atoms with E-state index in [0.717, 1.165) is 24.7 Å². The van der Waals surface area contributed by atoms with Gasteiger partial charge in [-0.1, -0.05) is 18.9 Å². The molecule has 1 aliphatic carbocycles. The summed E-state index contributed by atoms with van der Waals surface area (Å²) in [5, 5.41) is 0. The predicted molar refractivity (Wildman–Crippen MR) is 69.0 cm³/mol. The molecule has 1 aromatic heterocycles. The summed E-state index contributed by atoms with van der Waals surface area (Å²) in [5.41, 5.74) is 6.82. The van der Waals surface area contributed by atoms with Crippen LogP contribution in [-0.2, 0) is 0 Å². The monoisotopic (exact) mass is 234 g/mol. The molecular formula is C14H22N2O. The maximum Gasteiger partial charge on any atom is 0.213 e. The van der Waals surface area contributed by atoms with Crippen LogP contribution in [0, 0.1) is 18.8 Å². The molecule has 0 bridgehead atoms. The van der Waals surface area contributed by atoms with Crippen molar-refractivity contribution in [1.82, 2.24) is 4.98 Å². The fraction of sp³-hybridized carbons (Fsp3) is 0.643. The zero-order valence-corrected chi connectivity index (χ0v) is 10.6.